The van der Waals surface area contributed by atoms with Crippen molar-refractivity contribution in [1.29, 1.82) is 0 Å². The second kappa shape index (κ2) is 4.79. The van der Waals surface area contributed by atoms with E-state index in [0.717, 1.165) is 17.4 Å². The van der Waals surface area contributed by atoms with Crippen LogP contribution < -0.4 is 4.74 Å². The summed E-state index contributed by atoms with van der Waals surface area (Å²) in [5.74, 6) is 1.38. The highest BCUT2D eigenvalue weighted by Gasteiger charge is 2.18. The second-order valence-electron chi connectivity index (χ2n) is 3.91. The molecule has 0 radical (unpaired) electrons. The zero-order valence-electron chi connectivity index (χ0n) is 8.41. The number of halogens is 1. The first-order valence-corrected chi connectivity index (χ1v) is 5.96. The molecule has 0 heterocycles. The zero-order valence-corrected chi connectivity index (χ0v) is 10.00. The Balaban J connectivity index is 2.02. The second-order valence-corrected chi connectivity index (χ2v) is 4.82. The monoisotopic (exact) mass is 268 g/mol. The van der Waals surface area contributed by atoms with Crippen LogP contribution in [0.1, 0.15) is 29.6 Å². The van der Waals surface area contributed by atoms with Gasteiger partial charge in [0.05, 0.1) is 12.2 Å². The summed E-state index contributed by atoms with van der Waals surface area (Å²) in [5, 5.41) is 0. The molecule has 0 unspecified atom stereocenters. The van der Waals surface area contributed by atoms with Crippen LogP contribution in [0.25, 0.3) is 0 Å². The summed E-state index contributed by atoms with van der Waals surface area (Å²) in [5.41, 5.74) is 0.615. The van der Waals surface area contributed by atoms with Gasteiger partial charge in [0.15, 0.2) is 6.29 Å². The number of benzene rings is 1. The van der Waals surface area contributed by atoms with E-state index in [4.69, 9.17) is 4.74 Å². The first-order valence-electron chi connectivity index (χ1n) is 5.17. The van der Waals surface area contributed by atoms with Crippen LogP contribution in [0, 0.1) is 5.92 Å². The molecule has 1 fully saturated rings. The molecule has 80 valence electrons. The Labute approximate surface area is 97.8 Å². The van der Waals surface area contributed by atoms with Crippen LogP contribution in [-0.4, -0.2) is 12.9 Å². The Morgan fingerprint density at radius 2 is 2.27 bits per heavy atom. The molecule has 2 rings (SSSR count). The first-order chi connectivity index (χ1) is 7.29. The van der Waals surface area contributed by atoms with Crippen molar-refractivity contribution >= 4 is 22.2 Å². The summed E-state index contributed by atoms with van der Waals surface area (Å²) in [6.45, 7) is 0.739. The fourth-order valence-corrected chi connectivity index (χ4v) is 1.99. The summed E-state index contributed by atoms with van der Waals surface area (Å²) in [6, 6.07) is 5.51. The SMILES string of the molecule is O=Cc1cc(Br)ccc1OCC1CCC1. The van der Waals surface area contributed by atoms with Crippen molar-refractivity contribution in [1.82, 2.24) is 0 Å². The third-order valence-electron chi connectivity index (χ3n) is 2.80. The lowest BCUT2D eigenvalue weighted by molar-refractivity contribution is 0.111. The average molecular weight is 269 g/mol. The number of ether oxygens (including phenoxy) is 1. The molecule has 1 aromatic carbocycles. The predicted molar refractivity (Wildman–Crippen MR) is 62.4 cm³/mol. The summed E-state index contributed by atoms with van der Waals surface area (Å²) in [4.78, 5) is 10.8. The predicted octanol–water partition coefficient (Wildman–Crippen LogP) is 3.44. The number of aldehydes is 1. The van der Waals surface area contributed by atoms with Crippen molar-refractivity contribution in [2.75, 3.05) is 6.61 Å². The molecule has 0 amide bonds. The minimum Gasteiger partial charge on any atom is -0.493 e. The number of carbonyl (C=O) groups is 1. The van der Waals surface area contributed by atoms with Crippen LogP contribution in [-0.2, 0) is 0 Å². The number of hydrogen-bond donors (Lipinski definition) is 0. The normalized spacial score (nSPS) is 15.8. The van der Waals surface area contributed by atoms with Crippen molar-refractivity contribution in [3.8, 4) is 5.75 Å². The Morgan fingerprint density at radius 1 is 1.47 bits per heavy atom. The average Bonchev–Trinajstić information content (AvgIpc) is 2.17. The Morgan fingerprint density at radius 3 is 2.87 bits per heavy atom. The molecule has 0 N–H and O–H groups in total. The van der Waals surface area contributed by atoms with Gasteiger partial charge < -0.3 is 4.74 Å². The zero-order chi connectivity index (χ0) is 10.7. The van der Waals surface area contributed by atoms with Gasteiger partial charge in [0.25, 0.3) is 0 Å². The Bertz CT molecular complexity index is 359. The molecule has 3 heteroatoms. The molecule has 0 spiro atoms. The smallest absolute Gasteiger partial charge is 0.153 e. The van der Waals surface area contributed by atoms with E-state index in [2.05, 4.69) is 15.9 Å². The molecular formula is C12H13BrO2. The summed E-state index contributed by atoms with van der Waals surface area (Å²) >= 11 is 3.33. The molecule has 0 aromatic heterocycles. The van der Waals surface area contributed by atoms with Crippen LogP contribution in [0.15, 0.2) is 22.7 Å². The largest absolute Gasteiger partial charge is 0.493 e. The van der Waals surface area contributed by atoms with Crippen molar-refractivity contribution in [3.63, 3.8) is 0 Å². The highest BCUT2D eigenvalue weighted by atomic mass is 79.9. The van der Waals surface area contributed by atoms with Crippen molar-refractivity contribution < 1.29 is 9.53 Å². The van der Waals surface area contributed by atoms with E-state index in [1.807, 2.05) is 12.1 Å². The van der Waals surface area contributed by atoms with Crippen LogP contribution in [0.2, 0.25) is 0 Å². The highest BCUT2D eigenvalue weighted by molar-refractivity contribution is 9.10. The van der Waals surface area contributed by atoms with E-state index in [9.17, 15) is 4.79 Å². The van der Waals surface area contributed by atoms with E-state index >= 15 is 0 Å². The summed E-state index contributed by atoms with van der Waals surface area (Å²) in [6.07, 6.45) is 4.66. The quantitative estimate of drug-likeness (QED) is 0.782. The van der Waals surface area contributed by atoms with Crippen LogP contribution in [0.3, 0.4) is 0 Å². The van der Waals surface area contributed by atoms with E-state index < -0.39 is 0 Å². The number of hydrogen-bond acceptors (Lipinski definition) is 2. The van der Waals surface area contributed by atoms with Gasteiger partial charge in [0.1, 0.15) is 5.75 Å². The standard InChI is InChI=1S/C12H13BrO2/c13-11-4-5-12(10(6-11)7-14)15-8-9-2-1-3-9/h4-7,9H,1-3,8H2. The molecule has 15 heavy (non-hydrogen) atoms. The molecule has 0 aliphatic heterocycles. The van der Waals surface area contributed by atoms with Crippen LogP contribution >= 0.6 is 15.9 Å². The molecule has 0 saturated heterocycles. The lowest BCUT2D eigenvalue weighted by atomic mass is 9.86. The van der Waals surface area contributed by atoms with E-state index in [-0.39, 0.29) is 0 Å². The molecule has 1 aliphatic carbocycles. The number of rotatable bonds is 4. The minimum atomic E-state index is 0.615. The van der Waals surface area contributed by atoms with Crippen LogP contribution in [0.5, 0.6) is 5.75 Å². The molecule has 1 aromatic rings. The molecule has 1 aliphatic rings. The van der Waals surface area contributed by atoms with Crippen LogP contribution in [0.4, 0.5) is 0 Å². The van der Waals surface area contributed by atoms with Gasteiger partial charge >= 0.3 is 0 Å². The van der Waals surface area contributed by atoms with Gasteiger partial charge in [-0.3, -0.25) is 4.79 Å². The van der Waals surface area contributed by atoms with Gasteiger partial charge in [-0.05, 0) is 37.0 Å². The van der Waals surface area contributed by atoms with Crippen molar-refractivity contribution in [3.05, 3.63) is 28.2 Å². The van der Waals surface area contributed by atoms with E-state index in [0.29, 0.717) is 17.2 Å². The molecule has 2 nitrogen and oxygen atoms in total. The maximum atomic E-state index is 10.8. The Hall–Kier alpha value is -0.830. The molecule has 0 atom stereocenters. The van der Waals surface area contributed by atoms with Gasteiger partial charge in [0, 0.05) is 4.47 Å². The Kier molecular flexibility index (Phi) is 3.41. The third kappa shape index (κ3) is 2.59. The molecule has 1 saturated carbocycles. The highest BCUT2D eigenvalue weighted by Crippen LogP contribution is 2.28. The number of carbonyl (C=O) groups excluding carboxylic acids is 1. The first kappa shape index (κ1) is 10.7. The van der Waals surface area contributed by atoms with Crippen molar-refractivity contribution in [2.24, 2.45) is 5.92 Å². The molecular weight excluding hydrogens is 256 g/mol. The van der Waals surface area contributed by atoms with E-state index in [1.54, 1.807) is 6.07 Å². The minimum absolute atomic E-state index is 0.615. The van der Waals surface area contributed by atoms with Gasteiger partial charge in [-0.25, -0.2) is 0 Å². The van der Waals surface area contributed by atoms with E-state index in [1.165, 1.54) is 19.3 Å². The fourth-order valence-electron chi connectivity index (χ4n) is 1.61. The topological polar surface area (TPSA) is 26.3 Å². The summed E-state index contributed by atoms with van der Waals surface area (Å²) in [7, 11) is 0. The third-order valence-corrected chi connectivity index (χ3v) is 3.29. The van der Waals surface area contributed by atoms with Gasteiger partial charge in [-0.2, -0.15) is 0 Å². The fraction of sp³-hybridized carbons (Fsp3) is 0.417. The maximum Gasteiger partial charge on any atom is 0.153 e. The lowest BCUT2D eigenvalue weighted by Gasteiger charge is -2.25. The maximum absolute atomic E-state index is 10.8. The molecule has 0 bridgehead atoms. The van der Waals surface area contributed by atoms with Gasteiger partial charge in [0.2, 0.25) is 0 Å². The lowest BCUT2D eigenvalue weighted by Crippen LogP contribution is -2.19. The van der Waals surface area contributed by atoms with Crippen molar-refractivity contribution in [2.45, 2.75) is 19.3 Å². The van der Waals surface area contributed by atoms with Gasteiger partial charge in [-0.1, -0.05) is 22.4 Å². The van der Waals surface area contributed by atoms with Gasteiger partial charge in [-0.15, -0.1) is 0 Å². The summed E-state index contributed by atoms with van der Waals surface area (Å²) < 4.78 is 6.54.